The number of nitrogens with zero attached hydrogens (tertiary/aromatic N) is 4. The van der Waals surface area contributed by atoms with Gasteiger partial charge < -0.3 is 10.6 Å². The average Bonchev–Trinajstić information content (AvgIpc) is 2.76. The quantitative estimate of drug-likeness (QED) is 0.0636. The molecule has 4 rings (SSSR count). The summed E-state index contributed by atoms with van der Waals surface area (Å²) < 4.78 is 69.1. The second-order valence-corrected chi connectivity index (χ2v) is 11.9. The Morgan fingerprint density at radius 3 is 1.26 bits per heavy atom. The second-order valence-electron chi connectivity index (χ2n) is 7.44. The molecule has 4 aromatic rings. The van der Waals surface area contributed by atoms with Crippen LogP contribution in [0.4, 0.5) is 23.0 Å². The number of hydrogen-bond donors (Lipinski definition) is 8. The van der Waals surface area contributed by atoms with Crippen molar-refractivity contribution >= 4 is 93.8 Å². The molecule has 0 unspecified atom stereocenters. The van der Waals surface area contributed by atoms with Crippen molar-refractivity contribution in [3.63, 3.8) is 0 Å². The number of rotatable bonds is 7. The highest BCUT2D eigenvalue weighted by molar-refractivity contribution is 7.86. The zero-order chi connectivity index (χ0) is 27.8. The summed E-state index contributed by atoms with van der Waals surface area (Å²) in [6.45, 7) is 0. The Labute approximate surface area is 238 Å². The zero-order valence-corrected chi connectivity index (χ0v) is 23.8. The SMILES string of the molecule is O=S(=O)(O)c1cc(Nc2cc(S)nc(S)n2)ccc1-c1ccc(Nc2cc(S)nc(S)n2)cc1S(=O)(=O)O. The molecule has 0 fully saturated rings. The van der Waals surface area contributed by atoms with Gasteiger partial charge in [-0.2, -0.15) is 16.8 Å². The molecule has 0 radical (unpaired) electrons. The molecule has 0 aliphatic rings. The topological polar surface area (TPSA) is 184 Å². The first kappa shape index (κ1) is 28.4. The zero-order valence-electron chi connectivity index (χ0n) is 18.5. The number of benzene rings is 2. The molecule has 18 heteroatoms. The molecule has 38 heavy (non-hydrogen) atoms. The predicted octanol–water partition coefficient (Wildman–Crippen LogP) is 4.07. The molecule has 198 valence electrons. The van der Waals surface area contributed by atoms with E-state index in [-0.39, 0.29) is 44.5 Å². The first-order chi connectivity index (χ1) is 17.7. The highest BCUT2D eigenvalue weighted by Crippen LogP contribution is 2.36. The van der Waals surface area contributed by atoms with Gasteiger partial charge in [-0.3, -0.25) is 9.11 Å². The largest absolute Gasteiger partial charge is 0.340 e. The Bertz CT molecular complexity index is 1610. The summed E-state index contributed by atoms with van der Waals surface area (Å²) >= 11 is 16.4. The van der Waals surface area contributed by atoms with Gasteiger partial charge in [0.2, 0.25) is 0 Å². The van der Waals surface area contributed by atoms with Crippen molar-refractivity contribution in [2.75, 3.05) is 10.6 Å². The summed E-state index contributed by atoms with van der Waals surface area (Å²) in [7, 11) is -9.74. The lowest BCUT2D eigenvalue weighted by Crippen LogP contribution is -2.07. The van der Waals surface area contributed by atoms with Crippen molar-refractivity contribution < 1.29 is 25.9 Å². The van der Waals surface area contributed by atoms with Crippen LogP contribution >= 0.6 is 50.5 Å². The van der Waals surface area contributed by atoms with Crippen LogP contribution in [0, 0.1) is 0 Å². The van der Waals surface area contributed by atoms with Gasteiger partial charge in [0.25, 0.3) is 20.2 Å². The van der Waals surface area contributed by atoms with E-state index in [1.165, 1.54) is 36.4 Å². The Hall–Kier alpha value is -2.58. The van der Waals surface area contributed by atoms with E-state index < -0.39 is 30.0 Å². The molecule has 2 aromatic heterocycles. The minimum Gasteiger partial charge on any atom is -0.340 e. The van der Waals surface area contributed by atoms with Gasteiger partial charge in [-0.25, -0.2) is 19.9 Å². The fourth-order valence-corrected chi connectivity index (χ4v) is 5.83. The average molecular weight is 629 g/mol. The molecular formula is C20H16N6O6S6. The van der Waals surface area contributed by atoms with Gasteiger partial charge >= 0.3 is 0 Å². The van der Waals surface area contributed by atoms with Crippen LogP contribution in [-0.4, -0.2) is 45.9 Å². The number of hydrogen-bond acceptors (Lipinski definition) is 14. The number of aromatic nitrogens is 4. The summed E-state index contributed by atoms with van der Waals surface area (Å²) in [6.07, 6.45) is 0. The molecule has 2 heterocycles. The highest BCUT2D eigenvalue weighted by Gasteiger charge is 2.24. The molecule has 0 bridgehead atoms. The van der Waals surface area contributed by atoms with Crippen LogP contribution in [0.1, 0.15) is 0 Å². The maximum absolute atomic E-state index is 12.3. The van der Waals surface area contributed by atoms with Crippen molar-refractivity contribution in [2.45, 2.75) is 30.2 Å². The third kappa shape index (κ3) is 6.89. The first-order valence-corrected chi connectivity index (χ1v) is 14.7. The van der Waals surface area contributed by atoms with E-state index in [1.54, 1.807) is 0 Å². The second kappa shape index (κ2) is 10.9. The Morgan fingerprint density at radius 2 is 0.947 bits per heavy atom. The summed E-state index contributed by atoms with van der Waals surface area (Å²) in [5.74, 6) is 0.466. The van der Waals surface area contributed by atoms with Gasteiger partial charge in [-0.1, -0.05) is 12.1 Å². The number of nitrogens with one attached hydrogen (secondary N) is 2. The van der Waals surface area contributed by atoms with Crippen LogP contribution in [0.3, 0.4) is 0 Å². The monoisotopic (exact) mass is 628 g/mol. The van der Waals surface area contributed by atoms with Crippen molar-refractivity contribution in [2.24, 2.45) is 0 Å². The fourth-order valence-electron chi connectivity index (χ4n) is 3.34. The molecule has 0 aliphatic carbocycles. The lowest BCUT2D eigenvalue weighted by atomic mass is 10.0. The predicted molar refractivity (Wildman–Crippen MR) is 151 cm³/mol. The van der Waals surface area contributed by atoms with Gasteiger partial charge in [0.15, 0.2) is 10.3 Å². The van der Waals surface area contributed by atoms with Crippen molar-refractivity contribution in [1.82, 2.24) is 19.9 Å². The standard InChI is InChI=1S/C20H16N6O6S6/c27-37(28,29)13-5-9(21-15-7-17(33)25-19(35)23-15)1-3-11(13)12-4-2-10(6-14(12)38(30,31)32)22-16-8-18(34)26-20(36)24-16/h1-8H,(H,27,28,29)(H,30,31,32)(H3,21,23,25,33,35)(H3,22,24,26,34,36). The molecule has 0 aliphatic heterocycles. The Kier molecular flexibility index (Phi) is 8.15. The third-order valence-electron chi connectivity index (χ3n) is 4.76. The highest BCUT2D eigenvalue weighted by atomic mass is 32.2. The van der Waals surface area contributed by atoms with Crippen LogP contribution < -0.4 is 10.6 Å². The van der Waals surface area contributed by atoms with E-state index in [0.29, 0.717) is 10.1 Å². The first-order valence-electron chi connectivity index (χ1n) is 10.0. The molecule has 0 saturated carbocycles. The molecule has 0 saturated heterocycles. The summed E-state index contributed by atoms with van der Waals surface area (Å²) in [5, 5.41) is 6.49. The smallest absolute Gasteiger partial charge is 0.295 e. The lowest BCUT2D eigenvalue weighted by molar-refractivity contribution is 0.480. The number of thiol groups is 4. The maximum atomic E-state index is 12.3. The van der Waals surface area contributed by atoms with E-state index >= 15 is 0 Å². The van der Waals surface area contributed by atoms with Crippen LogP contribution in [0.5, 0.6) is 0 Å². The van der Waals surface area contributed by atoms with Crippen LogP contribution in [0.15, 0.2) is 78.7 Å². The van der Waals surface area contributed by atoms with Gasteiger partial charge in [0.05, 0.1) is 10.1 Å². The molecular weight excluding hydrogens is 613 g/mol. The van der Waals surface area contributed by atoms with E-state index in [4.69, 9.17) is 0 Å². The van der Waals surface area contributed by atoms with E-state index in [9.17, 15) is 25.9 Å². The molecule has 0 atom stereocenters. The van der Waals surface area contributed by atoms with Crippen molar-refractivity contribution in [1.29, 1.82) is 0 Å². The van der Waals surface area contributed by atoms with E-state index in [2.05, 4.69) is 81.1 Å². The van der Waals surface area contributed by atoms with Crippen LogP contribution in [0.2, 0.25) is 0 Å². The van der Waals surface area contributed by atoms with Crippen molar-refractivity contribution in [3.8, 4) is 11.1 Å². The normalized spacial score (nSPS) is 11.8. The minimum atomic E-state index is -4.87. The third-order valence-corrected chi connectivity index (χ3v) is 7.40. The minimum absolute atomic E-state index is 0.108. The fraction of sp³-hybridized carbons (Fsp3) is 0. The van der Waals surface area contributed by atoms with E-state index in [1.807, 2.05) is 0 Å². The Balaban J connectivity index is 1.81. The Morgan fingerprint density at radius 1 is 0.579 bits per heavy atom. The molecule has 0 amide bonds. The van der Waals surface area contributed by atoms with Gasteiger partial charge in [-0.15, -0.1) is 50.5 Å². The van der Waals surface area contributed by atoms with Gasteiger partial charge in [-0.05, 0) is 24.3 Å². The van der Waals surface area contributed by atoms with Gasteiger partial charge in [0.1, 0.15) is 21.4 Å². The summed E-state index contributed by atoms with van der Waals surface area (Å²) in [6, 6.07) is 10.4. The maximum Gasteiger partial charge on any atom is 0.295 e. The van der Waals surface area contributed by atoms with E-state index in [0.717, 1.165) is 12.1 Å². The molecule has 0 spiro atoms. The summed E-state index contributed by atoms with van der Waals surface area (Å²) in [4.78, 5) is 14.6. The molecule has 12 nitrogen and oxygen atoms in total. The lowest BCUT2D eigenvalue weighted by Gasteiger charge is -2.15. The van der Waals surface area contributed by atoms with Crippen molar-refractivity contribution in [3.05, 3.63) is 48.5 Å². The summed E-state index contributed by atoms with van der Waals surface area (Å²) in [5.41, 5.74) is -0.0220. The molecule has 4 N–H and O–H groups in total. The van der Waals surface area contributed by atoms with Crippen LogP contribution in [0.25, 0.3) is 11.1 Å². The number of anilines is 4. The van der Waals surface area contributed by atoms with Crippen LogP contribution in [-0.2, 0) is 20.2 Å². The van der Waals surface area contributed by atoms with Gasteiger partial charge in [0, 0.05) is 34.6 Å². The molecule has 2 aromatic carbocycles.